The van der Waals surface area contributed by atoms with Crippen LogP contribution in [0.25, 0.3) is 0 Å². The molecule has 4 nitrogen and oxygen atoms in total. The molecule has 0 aromatic carbocycles. The number of aromatic nitrogens is 2. The first-order valence-corrected chi connectivity index (χ1v) is 3.53. The quantitative estimate of drug-likeness (QED) is 0.625. The molecule has 1 rings (SSSR count). The number of hydrogen-bond donors (Lipinski definition) is 2. The molecular weight excluding hydrogens is 142 g/mol. The highest BCUT2D eigenvalue weighted by atomic mass is 16.3. The van der Waals surface area contributed by atoms with Crippen molar-refractivity contribution in [3.63, 3.8) is 0 Å². The molecule has 11 heavy (non-hydrogen) atoms. The minimum absolute atomic E-state index is 0.523. The molecule has 1 unspecified atom stereocenters. The van der Waals surface area contributed by atoms with Gasteiger partial charge < -0.3 is 10.4 Å². The lowest BCUT2D eigenvalue weighted by atomic mass is 10.4. The lowest BCUT2D eigenvalue weighted by Gasteiger charge is -2.09. The molecule has 0 aliphatic rings. The fourth-order valence-electron chi connectivity index (χ4n) is 0.649. The van der Waals surface area contributed by atoms with Gasteiger partial charge in [-0.3, -0.25) is 0 Å². The normalized spacial score (nSPS) is 12.5. The second kappa shape index (κ2) is 3.88. The number of rotatable bonds is 3. The van der Waals surface area contributed by atoms with E-state index in [2.05, 4.69) is 15.3 Å². The second-order valence-corrected chi connectivity index (χ2v) is 2.16. The maximum Gasteiger partial charge on any atom is 0.131 e. The smallest absolute Gasteiger partial charge is 0.131 e. The van der Waals surface area contributed by atoms with Crippen LogP contribution in [0.4, 0.5) is 5.82 Å². The van der Waals surface area contributed by atoms with E-state index in [-0.39, 0.29) is 0 Å². The predicted molar refractivity (Wildman–Crippen MR) is 42.0 cm³/mol. The first kappa shape index (κ1) is 7.94. The summed E-state index contributed by atoms with van der Waals surface area (Å²) < 4.78 is 0. The molecule has 0 radical (unpaired) electrons. The van der Waals surface area contributed by atoms with E-state index >= 15 is 0 Å². The summed E-state index contributed by atoms with van der Waals surface area (Å²) in [5.74, 6) is 0.648. The van der Waals surface area contributed by atoms with Crippen LogP contribution in [0.5, 0.6) is 0 Å². The SMILES string of the molecule is CCC(O)Nc1ccncn1. The number of hydrogen-bond acceptors (Lipinski definition) is 4. The van der Waals surface area contributed by atoms with E-state index in [9.17, 15) is 0 Å². The summed E-state index contributed by atoms with van der Waals surface area (Å²) in [7, 11) is 0. The van der Waals surface area contributed by atoms with Crippen molar-refractivity contribution >= 4 is 5.82 Å². The molecule has 4 heteroatoms. The van der Waals surface area contributed by atoms with Gasteiger partial charge in [0.2, 0.25) is 0 Å². The largest absolute Gasteiger partial charge is 0.374 e. The van der Waals surface area contributed by atoms with Crippen LogP contribution in [0.3, 0.4) is 0 Å². The van der Waals surface area contributed by atoms with Gasteiger partial charge in [-0.15, -0.1) is 0 Å². The van der Waals surface area contributed by atoms with Gasteiger partial charge in [0, 0.05) is 6.20 Å². The van der Waals surface area contributed by atoms with E-state index in [0.717, 1.165) is 0 Å². The number of anilines is 1. The average Bonchev–Trinajstić information content (AvgIpc) is 2.06. The van der Waals surface area contributed by atoms with E-state index < -0.39 is 6.23 Å². The van der Waals surface area contributed by atoms with Crippen LogP contribution in [0.2, 0.25) is 0 Å². The Morgan fingerprint density at radius 3 is 3.09 bits per heavy atom. The van der Waals surface area contributed by atoms with Crippen molar-refractivity contribution in [2.75, 3.05) is 5.32 Å². The Morgan fingerprint density at radius 2 is 2.55 bits per heavy atom. The van der Waals surface area contributed by atoms with E-state index in [1.54, 1.807) is 12.3 Å². The number of nitrogens with zero attached hydrogens (tertiary/aromatic N) is 2. The van der Waals surface area contributed by atoms with Crippen LogP contribution in [0.15, 0.2) is 18.6 Å². The Bertz CT molecular complexity index is 202. The summed E-state index contributed by atoms with van der Waals surface area (Å²) in [4.78, 5) is 7.63. The van der Waals surface area contributed by atoms with Gasteiger partial charge in [0.25, 0.3) is 0 Å². The summed E-state index contributed by atoms with van der Waals surface area (Å²) in [5.41, 5.74) is 0. The fourth-order valence-corrected chi connectivity index (χ4v) is 0.649. The van der Waals surface area contributed by atoms with E-state index in [1.165, 1.54) is 6.33 Å². The summed E-state index contributed by atoms with van der Waals surface area (Å²) in [6.07, 6.45) is 3.19. The van der Waals surface area contributed by atoms with Crippen LogP contribution in [0, 0.1) is 0 Å². The molecule has 60 valence electrons. The van der Waals surface area contributed by atoms with Crippen molar-refractivity contribution in [2.24, 2.45) is 0 Å². The zero-order valence-electron chi connectivity index (χ0n) is 6.36. The molecule has 0 saturated heterocycles. The maximum absolute atomic E-state index is 9.14. The van der Waals surface area contributed by atoms with Gasteiger partial charge in [-0.05, 0) is 12.5 Å². The molecular formula is C7H11N3O. The summed E-state index contributed by atoms with van der Waals surface area (Å²) in [5, 5.41) is 11.9. The molecule has 0 bridgehead atoms. The van der Waals surface area contributed by atoms with Crippen LogP contribution < -0.4 is 5.32 Å². The van der Waals surface area contributed by atoms with Crippen LogP contribution in [-0.2, 0) is 0 Å². The van der Waals surface area contributed by atoms with Crippen molar-refractivity contribution < 1.29 is 5.11 Å². The third-order valence-corrected chi connectivity index (χ3v) is 1.28. The van der Waals surface area contributed by atoms with Gasteiger partial charge in [0.1, 0.15) is 18.4 Å². The first-order valence-electron chi connectivity index (χ1n) is 3.53. The Labute approximate surface area is 65.3 Å². The fraction of sp³-hybridized carbons (Fsp3) is 0.429. The zero-order chi connectivity index (χ0) is 8.10. The molecule has 1 aromatic heterocycles. The molecule has 0 spiro atoms. The standard InChI is InChI=1S/C7H11N3O/c1-2-7(11)10-6-3-4-8-5-9-6/h3-5,7,11H,2H2,1H3,(H,8,9,10). The highest BCUT2D eigenvalue weighted by Crippen LogP contribution is 2.00. The molecule has 0 aliphatic carbocycles. The number of nitrogens with one attached hydrogen (secondary N) is 1. The van der Waals surface area contributed by atoms with E-state index in [0.29, 0.717) is 12.2 Å². The first-order chi connectivity index (χ1) is 5.33. The minimum Gasteiger partial charge on any atom is -0.374 e. The highest BCUT2D eigenvalue weighted by Gasteiger charge is 1.98. The lowest BCUT2D eigenvalue weighted by molar-refractivity contribution is 0.199. The molecule has 1 atom stereocenters. The van der Waals surface area contributed by atoms with Gasteiger partial charge in [-0.1, -0.05) is 6.92 Å². The lowest BCUT2D eigenvalue weighted by Crippen LogP contribution is -2.17. The number of aliphatic hydroxyl groups excluding tert-OH is 1. The Kier molecular flexibility index (Phi) is 2.80. The topological polar surface area (TPSA) is 58.0 Å². The van der Waals surface area contributed by atoms with E-state index in [1.807, 2.05) is 6.92 Å². The molecule has 1 aromatic rings. The highest BCUT2D eigenvalue weighted by molar-refractivity contribution is 5.31. The third kappa shape index (κ3) is 2.51. The van der Waals surface area contributed by atoms with Gasteiger partial charge in [0.15, 0.2) is 0 Å². The molecule has 2 N–H and O–H groups in total. The minimum atomic E-state index is -0.523. The van der Waals surface area contributed by atoms with Gasteiger partial charge in [0.05, 0.1) is 0 Å². The van der Waals surface area contributed by atoms with Crippen LogP contribution >= 0.6 is 0 Å². The van der Waals surface area contributed by atoms with Crippen molar-refractivity contribution in [3.05, 3.63) is 18.6 Å². The number of aliphatic hydroxyl groups is 1. The predicted octanol–water partition coefficient (Wildman–Crippen LogP) is 0.617. The summed E-state index contributed by atoms with van der Waals surface area (Å²) in [6, 6.07) is 1.71. The molecule has 0 aliphatic heterocycles. The van der Waals surface area contributed by atoms with Crippen LogP contribution in [0.1, 0.15) is 13.3 Å². The maximum atomic E-state index is 9.14. The monoisotopic (exact) mass is 153 g/mol. The third-order valence-electron chi connectivity index (χ3n) is 1.28. The Balaban J connectivity index is 2.51. The van der Waals surface area contributed by atoms with Crippen LogP contribution in [-0.4, -0.2) is 21.3 Å². The van der Waals surface area contributed by atoms with Gasteiger partial charge in [-0.2, -0.15) is 0 Å². The molecule has 0 saturated carbocycles. The zero-order valence-corrected chi connectivity index (χ0v) is 6.36. The van der Waals surface area contributed by atoms with Crippen molar-refractivity contribution in [3.8, 4) is 0 Å². The van der Waals surface area contributed by atoms with Gasteiger partial charge in [-0.25, -0.2) is 9.97 Å². The van der Waals surface area contributed by atoms with Crippen molar-refractivity contribution in [2.45, 2.75) is 19.6 Å². The Morgan fingerprint density at radius 1 is 1.73 bits per heavy atom. The second-order valence-electron chi connectivity index (χ2n) is 2.16. The van der Waals surface area contributed by atoms with E-state index in [4.69, 9.17) is 5.11 Å². The van der Waals surface area contributed by atoms with Crippen molar-refractivity contribution in [1.29, 1.82) is 0 Å². The molecule has 0 amide bonds. The van der Waals surface area contributed by atoms with Gasteiger partial charge >= 0.3 is 0 Å². The summed E-state index contributed by atoms with van der Waals surface area (Å²) in [6.45, 7) is 1.89. The Hall–Kier alpha value is -1.16. The van der Waals surface area contributed by atoms with Crippen molar-refractivity contribution in [1.82, 2.24) is 9.97 Å². The average molecular weight is 153 g/mol. The summed E-state index contributed by atoms with van der Waals surface area (Å²) >= 11 is 0. The molecule has 0 fully saturated rings. The molecule has 1 heterocycles.